The van der Waals surface area contributed by atoms with Crippen molar-refractivity contribution in [1.29, 1.82) is 0 Å². The number of benzene rings is 1. The molecule has 21 heavy (non-hydrogen) atoms. The Morgan fingerprint density at radius 3 is 2.76 bits per heavy atom. The summed E-state index contributed by atoms with van der Waals surface area (Å²) in [6, 6.07) is 4.81. The van der Waals surface area contributed by atoms with Crippen LogP contribution in [0.5, 0.6) is 0 Å². The van der Waals surface area contributed by atoms with Gasteiger partial charge in [0.1, 0.15) is 5.69 Å². The Morgan fingerprint density at radius 1 is 1.43 bits per heavy atom. The number of hydrogen-bond donors (Lipinski definition) is 1. The van der Waals surface area contributed by atoms with Gasteiger partial charge in [0.25, 0.3) is 5.69 Å². The maximum Gasteiger partial charge on any atom is 0.294 e. The summed E-state index contributed by atoms with van der Waals surface area (Å²) in [6.07, 6.45) is 2.82. The minimum Gasteiger partial charge on any atom is -0.378 e. The first-order chi connectivity index (χ1) is 10.1. The molecule has 7 heteroatoms. The van der Waals surface area contributed by atoms with Gasteiger partial charge in [0.05, 0.1) is 11.0 Å². The Kier molecular flexibility index (Phi) is 5.78. The fourth-order valence-corrected chi connectivity index (χ4v) is 2.67. The van der Waals surface area contributed by atoms with Crippen LogP contribution >= 0.6 is 11.6 Å². The number of rotatable bonds is 6. The van der Waals surface area contributed by atoms with E-state index in [1.54, 1.807) is 12.1 Å². The highest BCUT2D eigenvalue weighted by atomic mass is 35.5. The molecule has 6 nitrogen and oxygen atoms in total. The van der Waals surface area contributed by atoms with Crippen molar-refractivity contribution in [3.8, 4) is 0 Å². The molecule has 2 N–H and O–H groups in total. The Bertz CT molecular complexity index is 490. The lowest BCUT2D eigenvalue weighted by atomic mass is 10.1. The second-order valence-corrected chi connectivity index (χ2v) is 5.53. The van der Waals surface area contributed by atoms with Gasteiger partial charge in [-0.3, -0.25) is 10.1 Å². The third kappa shape index (κ3) is 4.30. The first-order valence-electron chi connectivity index (χ1n) is 7.12. The lowest BCUT2D eigenvalue weighted by molar-refractivity contribution is -0.384. The average Bonchev–Trinajstić information content (AvgIpc) is 2.48. The Labute approximate surface area is 129 Å². The summed E-state index contributed by atoms with van der Waals surface area (Å²) in [5, 5.41) is 11.5. The number of ether oxygens (including phenoxy) is 1. The molecule has 1 aliphatic rings. The van der Waals surface area contributed by atoms with Crippen molar-refractivity contribution in [3.05, 3.63) is 33.3 Å². The zero-order valence-corrected chi connectivity index (χ0v) is 12.6. The molecule has 0 spiro atoms. The van der Waals surface area contributed by atoms with Crippen LogP contribution in [0.4, 0.5) is 11.4 Å². The molecule has 0 aromatic heterocycles. The van der Waals surface area contributed by atoms with E-state index in [-0.39, 0.29) is 16.7 Å². The van der Waals surface area contributed by atoms with E-state index in [9.17, 15) is 10.1 Å². The lowest BCUT2D eigenvalue weighted by Gasteiger charge is -2.33. The molecule has 1 aliphatic heterocycles. The van der Waals surface area contributed by atoms with E-state index < -0.39 is 0 Å². The van der Waals surface area contributed by atoms with E-state index in [0.29, 0.717) is 23.9 Å². The van der Waals surface area contributed by atoms with Gasteiger partial charge in [0.2, 0.25) is 0 Å². The van der Waals surface area contributed by atoms with E-state index in [1.165, 1.54) is 6.07 Å². The molecule has 0 aliphatic carbocycles. The molecule has 1 aromatic carbocycles. The van der Waals surface area contributed by atoms with Gasteiger partial charge in [0.15, 0.2) is 0 Å². The van der Waals surface area contributed by atoms with Crippen molar-refractivity contribution >= 4 is 23.0 Å². The van der Waals surface area contributed by atoms with Gasteiger partial charge in [-0.25, -0.2) is 0 Å². The van der Waals surface area contributed by atoms with Crippen molar-refractivity contribution in [2.45, 2.75) is 25.4 Å². The maximum atomic E-state index is 11.1. The third-order valence-electron chi connectivity index (χ3n) is 3.62. The molecule has 1 saturated heterocycles. The van der Waals surface area contributed by atoms with Crippen molar-refractivity contribution in [3.63, 3.8) is 0 Å². The van der Waals surface area contributed by atoms with Crippen LogP contribution in [0, 0.1) is 10.1 Å². The fourth-order valence-electron chi connectivity index (χ4n) is 2.51. The highest BCUT2D eigenvalue weighted by molar-refractivity contribution is 6.30. The molecule has 0 radical (unpaired) electrons. The molecule has 0 unspecified atom stereocenters. The van der Waals surface area contributed by atoms with Crippen LogP contribution in [-0.4, -0.2) is 37.3 Å². The fraction of sp³-hybridized carbons (Fsp3) is 0.571. The van der Waals surface area contributed by atoms with Gasteiger partial charge >= 0.3 is 0 Å². The van der Waals surface area contributed by atoms with Crippen LogP contribution in [0.2, 0.25) is 5.02 Å². The average molecular weight is 314 g/mol. The highest BCUT2D eigenvalue weighted by Gasteiger charge is 2.25. The SMILES string of the molecule is NCCCOC1CCN(c2ccc(Cl)cc2[N+](=O)[O-])CC1. The van der Waals surface area contributed by atoms with Gasteiger partial charge in [-0.2, -0.15) is 0 Å². The van der Waals surface area contributed by atoms with Gasteiger partial charge < -0.3 is 15.4 Å². The zero-order chi connectivity index (χ0) is 15.2. The summed E-state index contributed by atoms with van der Waals surface area (Å²) in [5.41, 5.74) is 6.13. The molecule has 0 saturated carbocycles. The summed E-state index contributed by atoms with van der Waals surface area (Å²) in [7, 11) is 0. The molecule has 116 valence electrons. The second kappa shape index (κ2) is 7.59. The molecule has 0 amide bonds. The molecule has 2 rings (SSSR count). The van der Waals surface area contributed by atoms with E-state index in [1.807, 2.05) is 4.90 Å². The molecule has 1 aromatic rings. The first-order valence-corrected chi connectivity index (χ1v) is 7.50. The van der Waals surface area contributed by atoms with E-state index in [2.05, 4.69) is 0 Å². The molecule has 0 atom stereocenters. The maximum absolute atomic E-state index is 11.1. The topological polar surface area (TPSA) is 81.6 Å². The number of nitro benzene ring substituents is 1. The van der Waals surface area contributed by atoms with Crippen LogP contribution in [-0.2, 0) is 4.74 Å². The zero-order valence-electron chi connectivity index (χ0n) is 11.8. The number of nitro groups is 1. The minimum atomic E-state index is -0.384. The molecule has 0 bridgehead atoms. The molecule has 1 heterocycles. The van der Waals surface area contributed by atoms with Crippen LogP contribution < -0.4 is 10.6 Å². The molecular formula is C14H20ClN3O3. The number of hydrogen-bond acceptors (Lipinski definition) is 5. The Balaban J connectivity index is 1.97. The quantitative estimate of drug-likeness (QED) is 0.496. The number of nitrogens with two attached hydrogens (primary N) is 1. The number of anilines is 1. The molecular weight excluding hydrogens is 294 g/mol. The number of piperidine rings is 1. The summed E-state index contributed by atoms with van der Waals surface area (Å²) in [5.74, 6) is 0. The van der Waals surface area contributed by atoms with E-state index >= 15 is 0 Å². The van der Waals surface area contributed by atoms with E-state index in [4.69, 9.17) is 22.1 Å². The smallest absolute Gasteiger partial charge is 0.294 e. The molecule has 1 fully saturated rings. The second-order valence-electron chi connectivity index (χ2n) is 5.09. The van der Waals surface area contributed by atoms with Crippen molar-refractivity contribution in [2.24, 2.45) is 5.73 Å². The van der Waals surface area contributed by atoms with Crippen LogP contribution in [0.25, 0.3) is 0 Å². The summed E-state index contributed by atoms with van der Waals surface area (Å²) in [6.45, 7) is 2.81. The van der Waals surface area contributed by atoms with Crippen LogP contribution in [0.3, 0.4) is 0 Å². The minimum absolute atomic E-state index is 0.0602. The Hall–Kier alpha value is -1.37. The summed E-state index contributed by atoms with van der Waals surface area (Å²) >= 11 is 5.84. The van der Waals surface area contributed by atoms with Crippen LogP contribution in [0.1, 0.15) is 19.3 Å². The van der Waals surface area contributed by atoms with E-state index in [0.717, 1.165) is 32.4 Å². The first kappa shape index (κ1) is 16.0. The number of halogens is 1. The van der Waals surface area contributed by atoms with Gasteiger partial charge in [-0.05, 0) is 37.9 Å². The largest absolute Gasteiger partial charge is 0.378 e. The summed E-state index contributed by atoms with van der Waals surface area (Å²) < 4.78 is 5.74. The normalized spacial score (nSPS) is 16.2. The lowest BCUT2D eigenvalue weighted by Crippen LogP contribution is -2.37. The monoisotopic (exact) mass is 313 g/mol. The van der Waals surface area contributed by atoms with Crippen molar-refractivity contribution in [1.82, 2.24) is 0 Å². The van der Waals surface area contributed by atoms with Gasteiger partial charge in [0, 0.05) is 30.8 Å². The summed E-state index contributed by atoms with van der Waals surface area (Å²) in [4.78, 5) is 12.8. The third-order valence-corrected chi connectivity index (χ3v) is 3.85. The number of nitrogens with zero attached hydrogens (tertiary/aromatic N) is 2. The van der Waals surface area contributed by atoms with Crippen molar-refractivity contribution < 1.29 is 9.66 Å². The predicted octanol–water partition coefficient (Wildman–Crippen LogP) is 2.58. The standard InChI is InChI=1S/C14H20ClN3O3/c15-11-2-3-13(14(10-11)18(19)20)17-7-4-12(5-8-17)21-9-1-6-16/h2-3,10,12H,1,4-9,16H2. The predicted molar refractivity (Wildman–Crippen MR) is 83.0 cm³/mol. The highest BCUT2D eigenvalue weighted by Crippen LogP contribution is 2.33. The van der Waals surface area contributed by atoms with Gasteiger partial charge in [-0.1, -0.05) is 11.6 Å². The Morgan fingerprint density at radius 2 is 2.14 bits per heavy atom. The van der Waals surface area contributed by atoms with Gasteiger partial charge in [-0.15, -0.1) is 0 Å². The van der Waals surface area contributed by atoms with Crippen LogP contribution in [0.15, 0.2) is 18.2 Å². The van der Waals surface area contributed by atoms with Crippen molar-refractivity contribution in [2.75, 3.05) is 31.1 Å².